The van der Waals surface area contributed by atoms with Gasteiger partial charge in [0.2, 0.25) is 5.91 Å². The summed E-state index contributed by atoms with van der Waals surface area (Å²) in [6.07, 6.45) is 1.40. The summed E-state index contributed by atoms with van der Waals surface area (Å²) in [4.78, 5) is 13.9. The third kappa shape index (κ3) is 4.34. The molecule has 1 fully saturated rings. The highest BCUT2D eigenvalue weighted by Crippen LogP contribution is 2.25. The zero-order valence-corrected chi connectivity index (χ0v) is 11.4. The summed E-state index contributed by atoms with van der Waals surface area (Å²) in [6.45, 7) is 8.24. The van der Waals surface area contributed by atoms with Crippen molar-refractivity contribution in [2.45, 2.75) is 44.9 Å². The van der Waals surface area contributed by atoms with E-state index in [1.807, 2.05) is 23.6 Å². The number of thioether (sulfide) groups is 1. The van der Waals surface area contributed by atoms with Crippen LogP contribution in [0.15, 0.2) is 0 Å². The van der Waals surface area contributed by atoms with Gasteiger partial charge in [0.1, 0.15) is 0 Å². The molecule has 1 amide bonds. The Labute approximate surface area is 103 Å². The number of carbonyl (C=O) groups excluding carboxylic acids is 1. The van der Waals surface area contributed by atoms with Crippen molar-refractivity contribution in [1.82, 2.24) is 4.90 Å². The summed E-state index contributed by atoms with van der Waals surface area (Å²) in [6, 6.07) is 0.129. The van der Waals surface area contributed by atoms with Crippen molar-refractivity contribution < 1.29 is 4.79 Å². The topological polar surface area (TPSA) is 46.3 Å². The maximum Gasteiger partial charge on any atom is 0.222 e. The van der Waals surface area contributed by atoms with Crippen molar-refractivity contribution in [1.29, 1.82) is 0 Å². The van der Waals surface area contributed by atoms with Crippen molar-refractivity contribution in [2.24, 2.45) is 11.7 Å². The number of amides is 1. The van der Waals surface area contributed by atoms with Gasteiger partial charge in [-0.2, -0.15) is 11.8 Å². The van der Waals surface area contributed by atoms with E-state index in [1.54, 1.807) is 0 Å². The Kier molecular flexibility index (Phi) is 5.62. The Hall–Kier alpha value is -0.220. The van der Waals surface area contributed by atoms with Crippen LogP contribution in [0.3, 0.4) is 0 Å². The zero-order valence-electron chi connectivity index (χ0n) is 10.6. The van der Waals surface area contributed by atoms with Gasteiger partial charge in [0.25, 0.3) is 0 Å². The quantitative estimate of drug-likeness (QED) is 0.819. The van der Waals surface area contributed by atoms with E-state index in [1.165, 1.54) is 0 Å². The molecule has 0 spiro atoms. The van der Waals surface area contributed by atoms with Gasteiger partial charge in [-0.25, -0.2) is 0 Å². The Bertz CT molecular complexity index is 231. The second kappa shape index (κ2) is 6.50. The lowest BCUT2D eigenvalue weighted by atomic mass is 10.1. The number of nitrogens with zero attached hydrogens (tertiary/aromatic N) is 1. The monoisotopic (exact) mass is 244 g/mol. The molecule has 0 aliphatic carbocycles. The zero-order chi connectivity index (χ0) is 12.1. The van der Waals surface area contributed by atoms with Crippen LogP contribution in [-0.4, -0.2) is 40.9 Å². The van der Waals surface area contributed by atoms with E-state index in [-0.39, 0.29) is 11.9 Å². The summed E-state index contributed by atoms with van der Waals surface area (Å²) in [5.41, 5.74) is 5.67. The van der Waals surface area contributed by atoms with Crippen LogP contribution in [0.1, 0.15) is 33.6 Å². The van der Waals surface area contributed by atoms with Crippen LogP contribution in [0, 0.1) is 5.92 Å². The summed E-state index contributed by atoms with van der Waals surface area (Å²) in [5, 5.41) is 0.605. The molecule has 0 aromatic rings. The molecule has 2 N–H and O–H groups in total. The molecule has 1 heterocycles. The van der Waals surface area contributed by atoms with Gasteiger partial charge in [0.15, 0.2) is 0 Å². The van der Waals surface area contributed by atoms with E-state index in [9.17, 15) is 4.79 Å². The molecule has 1 saturated heterocycles. The first-order valence-corrected chi connectivity index (χ1v) is 7.20. The fourth-order valence-electron chi connectivity index (χ4n) is 1.81. The predicted octanol–water partition coefficient (Wildman–Crippen LogP) is 1.71. The minimum atomic E-state index is 0.129. The lowest BCUT2D eigenvalue weighted by Gasteiger charge is -2.34. The molecule has 0 radical (unpaired) electrons. The average Bonchev–Trinajstić information content (AvgIpc) is 2.26. The molecule has 0 bridgehead atoms. The maximum atomic E-state index is 11.9. The molecule has 2 atom stereocenters. The number of hydrogen-bond acceptors (Lipinski definition) is 3. The van der Waals surface area contributed by atoms with E-state index in [4.69, 9.17) is 5.73 Å². The highest BCUT2D eigenvalue weighted by molar-refractivity contribution is 8.00. The molecule has 1 rings (SSSR count). The summed E-state index contributed by atoms with van der Waals surface area (Å²) < 4.78 is 0. The van der Waals surface area contributed by atoms with E-state index >= 15 is 0 Å². The average molecular weight is 244 g/mol. The number of hydrogen-bond donors (Lipinski definition) is 1. The van der Waals surface area contributed by atoms with Crippen LogP contribution < -0.4 is 5.73 Å². The summed E-state index contributed by atoms with van der Waals surface area (Å²) in [7, 11) is 0. The molecule has 1 aliphatic rings. The molecular formula is C12H24N2OS. The smallest absolute Gasteiger partial charge is 0.222 e. The highest BCUT2D eigenvalue weighted by atomic mass is 32.2. The first kappa shape index (κ1) is 13.8. The predicted molar refractivity (Wildman–Crippen MR) is 70.5 cm³/mol. The second-order valence-electron chi connectivity index (χ2n) is 5.01. The molecule has 94 valence electrons. The van der Waals surface area contributed by atoms with Crippen LogP contribution in [-0.2, 0) is 4.79 Å². The molecular weight excluding hydrogens is 220 g/mol. The summed E-state index contributed by atoms with van der Waals surface area (Å²) in [5.74, 6) is 2.00. The highest BCUT2D eigenvalue weighted by Gasteiger charge is 2.25. The van der Waals surface area contributed by atoms with E-state index < -0.39 is 0 Å². The van der Waals surface area contributed by atoms with Crippen molar-refractivity contribution in [3.8, 4) is 0 Å². The van der Waals surface area contributed by atoms with Gasteiger partial charge in [-0.3, -0.25) is 4.79 Å². The SMILES string of the molecule is CC(N)CCC(=O)N1CCSC(C(C)C)C1. The van der Waals surface area contributed by atoms with Crippen LogP contribution in [0.25, 0.3) is 0 Å². The van der Waals surface area contributed by atoms with E-state index in [0.717, 1.165) is 25.3 Å². The first-order valence-electron chi connectivity index (χ1n) is 6.15. The second-order valence-corrected chi connectivity index (χ2v) is 6.36. The lowest BCUT2D eigenvalue weighted by Crippen LogP contribution is -2.43. The molecule has 1 aliphatic heterocycles. The fraction of sp³-hybridized carbons (Fsp3) is 0.917. The first-order chi connectivity index (χ1) is 7.50. The molecule has 3 nitrogen and oxygen atoms in total. The number of carbonyl (C=O) groups is 1. The van der Waals surface area contributed by atoms with Gasteiger partial charge in [-0.15, -0.1) is 0 Å². The van der Waals surface area contributed by atoms with Crippen molar-refractivity contribution >= 4 is 17.7 Å². The van der Waals surface area contributed by atoms with Gasteiger partial charge in [0, 0.05) is 36.6 Å². The maximum absolute atomic E-state index is 11.9. The van der Waals surface area contributed by atoms with E-state index in [0.29, 0.717) is 17.6 Å². The Morgan fingerprint density at radius 1 is 1.50 bits per heavy atom. The molecule has 16 heavy (non-hydrogen) atoms. The standard InChI is InChI=1S/C12H24N2OS/c1-9(2)11-8-14(6-7-16-11)12(15)5-4-10(3)13/h9-11H,4-8,13H2,1-3H3. The van der Waals surface area contributed by atoms with Gasteiger partial charge in [-0.1, -0.05) is 13.8 Å². The Morgan fingerprint density at radius 2 is 2.19 bits per heavy atom. The Balaban J connectivity index is 2.38. The number of nitrogens with two attached hydrogens (primary N) is 1. The van der Waals surface area contributed by atoms with Crippen LogP contribution in [0.4, 0.5) is 0 Å². The van der Waals surface area contributed by atoms with Gasteiger partial charge < -0.3 is 10.6 Å². The normalized spacial score (nSPS) is 23.6. The lowest BCUT2D eigenvalue weighted by molar-refractivity contribution is -0.131. The van der Waals surface area contributed by atoms with Crippen molar-refractivity contribution in [2.75, 3.05) is 18.8 Å². The van der Waals surface area contributed by atoms with Crippen LogP contribution >= 0.6 is 11.8 Å². The molecule has 0 aromatic carbocycles. The minimum Gasteiger partial charge on any atom is -0.341 e. The fourth-order valence-corrected chi connectivity index (χ4v) is 3.11. The van der Waals surface area contributed by atoms with Gasteiger partial charge in [0.05, 0.1) is 0 Å². The molecule has 0 aromatic heterocycles. The third-order valence-electron chi connectivity index (χ3n) is 3.00. The van der Waals surface area contributed by atoms with E-state index in [2.05, 4.69) is 13.8 Å². The van der Waals surface area contributed by atoms with Crippen LogP contribution in [0.5, 0.6) is 0 Å². The Morgan fingerprint density at radius 3 is 2.75 bits per heavy atom. The van der Waals surface area contributed by atoms with Crippen LogP contribution in [0.2, 0.25) is 0 Å². The summed E-state index contributed by atoms with van der Waals surface area (Å²) >= 11 is 2.00. The largest absolute Gasteiger partial charge is 0.341 e. The third-order valence-corrected chi connectivity index (χ3v) is 4.54. The van der Waals surface area contributed by atoms with Crippen molar-refractivity contribution in [3.63, 3.8) is 0 Å². The minimum absolute atomic E-state index is 0.129. The van der Waals surface area contributed by atoms with Crippen molar-refractivity contribution in [3.05, 3.63) is 0 Å². The molecule has 2 unspecified atom stereocenters. The van der Waals surface area contributed by atoms with Gasteiger partial charge >= 0.3 is 0 Å². The molecule has 4 heteroatoms. The molecule has 0 saturated carbocycles. The number of rotatable bonds is 4. The van der Waals surface area contributed by atoms with Gasteiger partial charge in [-0.05, 0) is 19.3 Å².